The molecule has 0 radical (unpaired) electrons. The minimum absolute atomic E-state index is 0.0217. The molecule has 0 amide bonds. The molecule has 0 bridgehead atoms. The molecule has 3 heteroatoms. The summed E-state index contributed by atoms with van der Waals surface area (Å²) in [6.07, 6.45) is 22.9. The molecule has 26 heavy (non-hydrogen) atoms. The third-order valence-corrected chi connectivity index (χ3v) is 4.54. The molecule has 3 nitrogen and oxygen atoms in total. The van der Waals surface area contributed by atoms with E-state index in [1.807, 2.05) is 0 Å². The largest absolute Gasteiger partial charge is 0.396 e. The van der Waals surface area contributed by atoms with E-state index in [4.69, 9.17) is 14.6 Å². The first-order valence-corrected chi connectivity index (χ1v) is 11.3. The second kappa shape index (κ2) is 22.7. The maximum atomic E-state index is 8.68. The molecule has 0 saturated carbocycles. The molecule has 0 heterocycles. The maximum Gasteiger partial charge on any atom is 0.157 e. The van der Waals surface area contributed by atoms with Gasteiger partial charge in [-0.05, 0) is 44.9 Å². The van der Waals surface area contributed by atoms with Crippen molar-refractivity contribution < 1.29 is 14.6 Å². The predicted molar refractivity (Wildman–Crippen MR) is 113 cm³/mol. The highest BCUT2D eigenvalue weighted by molar-refractivity contribution is 4.80. The fourth-order valence-corrected chi connectivity index (χ4v) is 3.01. The minimum Gasteiger partial charge on any atom is -0.396 e. The monoisotopic (exact) mass is 370 g/mol. The summed E-state index contributed by atoms with van der Waals surface area (Å²) in [6.45, 7) is 6.19. The molecule has 0 spiro atoms. The Bertz CT molecular complexity index is 271. The molecular formula is C23H46O3. The van der Waals surface area contributed by atoms with Crippen molar-refractivity contribution in [3.8, 4) is 0 Å². The lowest BCUT2D eigenvalue weighted by molar-refractivity contribution is -0.146. The predicted octanol–water partition coefficient (Wildman–Crippen LogP) is 6.79. The average molecular weight is 371 g/mol. The highest BCUT2D eigenvalue weighted by Gasteiger charge is 2.08. The number of rotatable bonds is 21. The van der Waals surface area contributed by atoms with Crippen molar-refractivity contribution in [1.29, 1.82) is 0 Å². The van der Waals surface area contributed by atoms with Gasteiger partial charge in [0.15, 0.2) is 6.29 Å². The molecule has 0 rings (SSSR count). The number of unbranched alkanes of at least 4 members (excludes halogenated alkanes) is 10. The standard InChI is InChI=1S/C23H46O3/c1-3-21-25-23(26-22-4-2)19-17-15-13-11-9-7-5-6-8-10-12-14-16-18-20-24/h14,16,23-24H,3-13,15,17-22H2,1-2H3/b16-14-. The van der Waals surface area contributed by atoms with Gasteiger partial charge >= 0.3 is 0 Å². The number of ether oxygens (including phenoxy) is 2. The van der Waals surface area contributed by atoms with E-state index in [9.17, 15) is 0 Å². The molecule has 1 N–H and O–H groups in total. The molecule has 0 aromatic carbocycles. The number of aliphatic hydroxyl groups excluding tert-OH is 1. The second-order valence-electron chi connectivity index (χ2n) is 7.27. The van der Waals surface area contributed by atoms with E-state index in [0.29, 0.717) is 0 Å². The van der Waals surface area contributed by atoms with Crippen LogP contribution in [0.3, 0.4) is 0 Å². The van der Waals surface area contributed by atoms with E-state index in [0.717, 1.165) is 38.9 Å². The van der Waals surface area contributed by atoms with Crippen LogP contribution in [0.5, 0.6) is 0 Å². The quantitative estimate of drug-likeness (QED) is 0.137. The Morgan fingerprint density at radius 3 is 1.62 bits per heavy atom. The Morgan fingerprint density at radius 2 is 1.12 bits per heavy atom. The zero-order valence-electron chi connectivity index (χ0n) is 17.7. The lowest BCUT2D eigenvalue weighted by Crippen LogP contribution is -2.18. The van der Waals surface area contributed by atoms with Crippen LogP contribution >= 0.6 is 0 Å². The molecule has 0 unspecified atom stereocenters. The first-order valence-electron chi connectivity index (χ1n) is 11.3. The van der Waals surface area contributed by atoms with Gasteiger partial charge in [-0.3, -0.25) is 0 Å². The first kappa shape index (κ1) is 25.6. The summed E-state index contributed by atoms with van der Waals surface area (Å²) in [6, 6.07) is 0. The smallest absolute Gasteiger partial charge is 0.157 e. The normalized spacial score (nSPS) is 11.8. The molecule has 0 saturated heterocycles. The Balaban J connectivity index is 3.31. The van der Waals surface area contributed by atoms with Crippen LogP contribution in [-0.4, -0.2) is 31.2 Å². The summed E-state index contributed by atoms with van der Waals surface area (Å²) in [5.74, 6) is 0. The van der Waals surface area contributed by atoms with Gasteiger partial charge < -0.3 is 14.6 Å². The fourth-order valence-electron chi connectivity index (χ4n) is 3.01. The number of hydrogen-bond acceptors (Lipinski definition) is 3. The summed E-state index contributed by atoms with van der Waals surface area (Å²) < 4.78 is 11.5. The average Bonchev–Trinajstić information content (AvgIpc) is 2.66. The van der Waals surface area contributed by atoms with E-state index in [2.05, 4.69) is 26.0 Å². The molecule has 156 valence electrons. The Hall–Kier alpha value is -0.380. The van der Waals surface area contributed by atoms with Crippen molar-refractivity contribution in [3.63, 3.8) is 0 Å². The van der Waals surface area contributed by atoms with E-state index in [1.54, 1.807) is 0 Å². The highest BCUT2D eigenvalue weighted by atomic mass is 16.7. The van der Waals surface area contributed by atoms with Crippen LogP contribution in [0.1, 0.15) is 110 Å². The van der Waals surface area contributed by atoms with Crippen molar-refractivity contribution in [2.45, 2.75) is 116 Å². The van der Waals surface area contributed by atoms with Gasteiger partial charge in [-0.1, -0.05) is 77.4 Å². The number of hydrogen-bond donors (Lipinski definition) is 1. The molecular weight excluding hydrogens is 324 g/mol. The zero-order valence-corrected chi connectivity index (χ0v) is 17.7. The molecule has 0 aliphatic heterocycles. The fraction of sp³-hybridized carbons (Fsp3) is 0.913. The van der Waals surface area contributed by atoms with Crippen molar-refractivity contribution in [2.75, 3.05) is 19.8 Å². The van der Waals surface area contributed by atoms with Crippen molar-refractivity contribution in [3.05, 3.63) is 12.2 Å². The van der Waals surface area contributed by atoms with Gasteiger partial charge in [-0.2, -0.15) is 0 Å². The van der Waals surface area contributed by atoms with Crippen LogP contribution in [0.2, 0.25) is 0 Å². The lowest BCUT2D eigenvalue weighted by atomic mass is 10.0. The van der Waals surface area contributed by atoms with Gasteiger partial charge in [-0.15, -0.1) is 0 Å². The molecule has 0 atom stereocenters. The number of allylic oxidation sites excluding steroid dienone is 1. The molecule has 0 aliphatic rings. The Kier molecular flexibility index (Phi) is 22.3. The third kappa shape index (κ3) is 19.9. The van der Waals surface area contributed by atoms with Crippen LogP contribution in [-0.2, 0) is 9.47 Å². The summed E-state index contributed by atoms with van der Waals surface area (Å²) in [5, 5.41) is 8.68. The van der Waals surface area contributed by atoms with Gasteiger partial charge in [0.25, 0.3) is 0 Å². The molecule has 0 aliphatic carbocycles. The van der Waals surface area contributed by atoms with Gasteiger partial charge in [0.1, 0.15) is 0 Å². The molecule has 0 aromatic heterocycles. The maximum absolute atomic E-state index is 8.68. The zero-order chi connectivity index (χ0) is 19.1. The van der Waals surface area contributed by atoms with Crippen molar-refractivity contribution in [1.82, 2.24) is 0 Å². The van der Waals surface area contributed by atoms with Gasteiger partial charge in [0, 0.05) is 19.8 Å². The summed E-state index contributed by atoms with van der Waals surface area (Å²) in [4.78, 5) is 0. The highest BCUT2D eigenvalue weighted by Crippen LogP contribution is 2.14. The van der Waals surface area contributed by atoms with Crippen LogP contribution in [0, 0.1) is 0 Å². The van der Waals surface area contributed by atoms with Crippen molar-refractivity contribution in [2.24, 2.45) is 0 Å². The Labute approximate surface area is 163 Å². The minimum atomic E-state index is 0.0217. The molecule has 0 aromatic rings. The topological polar surface area (TPSA) is 38.7 Å². The Morgan fingerprint density at radius 1 is 0.654 bits per heavy atom. The lowest BCUT2D eigenvalue weighted by Gasteiger charge is -2.18. The van der Waals surface area contributed by atoms with Crippen LogP contribution in [0.4, 0.5) is 0 Å². The van der Waals surface area contributed by atoms with Gasteiger partial charge in [-0.25, -0.2) is 0 Å². The van der Waals surface area contributed by atoms with E-state index in [-0.39, 0.29) is 12.9 Å². The van der Waals surface area contributed by atoms with Crippen LogP contribution in [0.25, 0.3) is 0 Å². The van der Waals surface area contributed by atoms with Gasteiger partial charge in [0.05, 0.1) is 0 Å². The third-order valence-electron chi connectivity index (χ3n) is 4.54. The van der Waals surface area contributed by atoms with E-state index in [1.165, 1.54) is 70.6 Å². The SMILES string of the molecule is CCCOC(CCCCCCCCCCCC/C=C\CCO)OCCC. The second-order valence-corrected chi connectivity index (χ2v) is 7.27. The van der Waals surface area contributed by atoms with Gasteiger partial charge in [0.2, 0.25) is 0 Å². The van der Waals surface area contributed by atoms with E-state index >= 15 is 0 Å². The summed E-state index contributed by atoms with van der Waals surface area (Å²) >= 11 is 0. The summed E-state index contributed by atoms with van der Waals surface area (Å²) in [5.41, 5.74) is 0. The van der Waals surface area contributed by atoms with Crippen LogP contribution < -0.4 is 0 Å². The number of aliphatic hydroxyl groups is 1. The first-order chi connectivity index (χ1) is 12.8. The van der Waals surface area contributed by atoms with Crippen molar-refractivity contribution >= 4 is 0 Å². The molecule has 0 fully saturated rings. The van der Waals surface area contributed by atoms with Crippen LogP contribution in [0.15, 0.2) is 12.2 Å². The summed E-state index contributed by atoms with van der Waals surface area (Å²) in [7, 11) is 0. The van der Waals surface area contributed by atoms with E-state index < -0.39 is 0 Å².